The number of aromatic nitrogens is 1. The molecule has 1 atom stereocenters. The third-order valence-corrected chi connectivity index (χ3v) is 4.56. The molecule has 4 heteroatoms. The van der Waals surface area contributed by atoms with Gasteiger partial charge >= 0.3 is 0 Å². The molecule has 0 amide bonds. The lowest BCUT2D eigenvalue weighted by atomic mass is 10.1. The second-order valence-corrected chi connectivity index (χ2v) is 6.04. The number of hydrogen-bond donors (Lipinski definition) is 1. The van der Waals surface area contributed by atoms with E-state index in [0.717, 1.165) is 22.3 Å². The Kier molecular flexibility index (Phi) is 5.89. The Hall–Kier alpha value is -1.03. The van der Waals surface area contributed by atoms with Crippen molar-refractivity contribution in [3.63, 3.8) is 0 Å². The molecule has 1 N–H and O–H groups in total. The van der Waals surface area contributed by atoms with Crippen molar-refractivity contribution in [3.8, 4) is 0 Å². The van der Waals surface area contributed by atoms with Crippen LogP contribution in [-0.4, -0.2) is 17.3 Å². The molecule has 1 heterocycles. The average molecular weight is 307 g/mol. The number of benzene rings is 1. The predicted molar refractivity (Wildman–Crippen MR) is 87.6 cm³/mol. The summed E-state index contributed by atoms with van der Waals surface area (Å²) in [6, 6.07) is 12.7. The van der Waals surface area contributed by atoms with Crippen LogP contribution in [-0.2, 0) is 0 Å². The van der Waals surface area contributed by atoms with Gasteiger partial charge in [0.25, 0.3) is 0 Å². The molecular weight excluding hydrogens is 288 g/mol. The molecule has 0 bridgehead atoms. The molecule has 2 aromatic rings. The number of rotatable bonds is 6. The first-order chi connectivity index (χ1) is 9.70. The number of hydrogen-bond acceptors (Lipinski definition) is 3. The van der Waals surface area contributed by atoms with Gasteiger partial charge < -0.3 is 5.32 Å². The van der Waals surface area contributed by atoms with Gasteiger partial charge in [-0.1, -0.05) is 48.4 Å². The second kappa shape index (κ2) is 7.67. The van der Waals surface area contributed by atoms with Crippen LogP contribution in [0.25, 0.3) is 0 Å². The van der Waals surface area contributed by atoms with Crippen LogP contribution in [0.15, 0.2) is 47.6 Å². The fourth-order valence-electron chi connectivity index (χ4n) is 1.96. The summed E-state index contributed by atoms with van der Waals surface area (Å²) in [5, 5.41) is 5.13. The topological polar surface area (TPSA) is 24.9 Å². The quantitative estimate of drug-likeness (QED) is 0.796. The van der Waals surface area contributed by atoms with Gasteiger partial charge in [0.15, 0.2) is 0 Å². The Morgan fingerprint density at radius 2 is 2.00 bits per heavy atom. The Morgan fingerprint density at radius 3 is 2.65 bits per heavy atom. The van der Waals surface area contributed by atoms with E-state index in [9.17, 15) is 0 Å². The summed E-state index contributed by atoms with van der Waals surface area (Å²) < 4.78 is 0. The van der Waals surface area contributed by atoms with Gasteiger partial charge in [-0.15, -0.1) is 11.8 Å². The minimum Gasteiger partial charge on any atom is -0.309 e. The van der Waals surface area contributed by atoms with Crippen molar-refractivity contribution in [1.82, 2.24) is 10.3 Å². The standard InChI is InChI=1S/C16H19ClN2S/c1-3-18-15(13-8-6-12(2)7-9-13)11-20-16-14(17)5-4-10-19-16/h4-10,15,18H,3,11H2,1-2H3. The predicted octanol–water partition coefficient (Wildman–Crippen LogP) is 4.49. The number of pyridine rings is 1. The lowest BCUT2D eigenvalue weighted by molar-refractivity contribution is 0.605. The van der Waals surface area contributed by atoms with E-state index in [4.69, 9.17) is 11.6 Å². The summed E-state index contributed by atoms with van der Waals surface area (Å²) in [4.78, 5) is 4.32. The lowest BCUT2D eigenvalue weighted by Crippen LogP contribution is -2.23. The van der Waals surface area contributed by atoms with Crippen LogP contribution in [0.1, 0.15) is 24.1 Å². The van der Waals surface area contributed by atoms with E-state index in [1.165, 1.54) is 11.1 Å². The van der Waals surface area contributed by atoms with Crippen molar-refractivity contribution in [3.05, 3.63) is 58.7 Å². The number of aryl methyl sites for hydroxylation is 1. The molecule has 20 heavy (non-hydrogen) atoms. The molecule has 1 aromatic heterocycles. The summed E-state index contributed by atoms with van der Waals surface area (Å²) in [5.41, 5.74) is 2.58. The van der Waals surface area contributed by atoms with E-state index < -0.39 is 0 Å². The maximum absolute atomic E-state index is 6.15. The Bertz CT molecular complexity index is 542. The summed E-state index contributed by atoms with van der Waals surface area (Å²) in [7, 11) is 0. The first-order valence-electron chi connectivity index (χ1n) is 6.74. The van der Waals surface area contributed by atoms with Crippen LogP contribution in [0.2, 0.25) is 5.02 Å². The highest BCUT2D eigenvalue weighted by atomic mass is 35.5. The van der Waals surface area contributed by atoms with Gasteiger partial charge in [-0.25, -0.2) is 4.98 Å². The molecule has 2 nitrogen and oxygen atoms in total. The van der Waals surface area contributed by atoms with E-state index in [-0.39, 0.29) is 0 Å². The molecule has 1 unspecified atom stereocenters. The Labute approximate surface area is 130 Å². The van der Waals surface area contributed by atoms with Crippen molar-refractivity contribution in [2.24, 2.45) is 0 Å². The van der Waals surface area contributed by atoms with E-state index >= 15 is 0 Å². The Balaban J connectivity index is 2.06. The van der Waals surface area contributed by atoms with E-state index in [1.807, 2.05) is 12.1 Å². The minimum absolute atomic E-state index is 0.309. The van der Waals surface area contributed by atoms with Crippen molar-refractivity contribution in [1.29, 1.82) is 0 Å². The summed E-state index contributed by atoms with van der Waals surface area (Å²) in [6.07, 6.45) is 1.78. The first kappa shape index (κ1) is 15.4. The highest BCUT2D eigenvalue weighted by molar-refractivity contribution is 7.99. The molecule has 0 aliphatic rings. The monoisotopic (exact) mass is 306 g/mol. The Morgan fingerprint density at radius 1 is 1.25 bits per heavy atom. The van der Waals surface area contributed by atoms with Crippen molar-refractivity contribution < 1.29 is 0 Å². The van der Waals surface area contributed by atoms with Crippen molar-refractivity contribution in [2.75, 3.05) is 12.3 Å². The van der Waals surface area contributed by atoms with Gasteiger partial charge in [-0.2, -0.15) is 0 Å². The van der Waals surface area contributed by atoms with E-state index in [2.05, 4.69) is 48.4 Å². The highest BCUT2D eigenvalue weighted by Crippen LogP contribution is 2.28. The second-order valence-electron chi connectivity index (χ2n) is 4.62. The van der Waals surface area contributed by atoms with Crippen LogP contribution in [0.3, 0.4) is 0 Å². The smallest absolute Gasteiger partial charge is 0.115 e. The third kappa shape index (κ3) is 4.23. The molecule has 0 fully saturated rings. The minimum atomic E-state index is 0.309. The highest BCUT2D eigenvalue weighted by Gasteiger charge is 2.12. The normalized spacial score (nSPS) is 12.3. The zero-order valence-electron chi connectivity index (χ0n) is 11.8. The summed E-state index contributed by atoms with van der Waals surface area (Å²) in [5.74, 6) is 0.910. The number of nitrogens with zero attached hydrogens (tertiary/aromatic N) is 1. The van der Waals surface area contributed by atoms with Gasteiger partial charge in [-0.3, -0.25) is 0 Å². The number of nitrogens with one attached hydrogen (secondary N) is 1. The zero-order valence-corrected chi connectivity index (χ0v) is 13.3. The van der Waals surface area contributed by atoms with Crippen LogP contribution in [0, 0.1) is 6.92 Å². The fraction of sp³-hybridized carbons (Fsp3) is 0.312. The van der Waals surface area contributed by atoms with Crippen molar-refractivity contribution in [2.45, 2.75) is 24.9 Å². The van der Waals surface area contributed by atoms with Gasteiger partial charge in [0, 0.05) is 18.0 Å². The molecule has 1 aromatic carbocycles. The number of halogens is 1. The van der Waals surface area contributed by atoms with Crippen LogP contribution in [0.5, 0.6) is 0 Å². The molecule has 106 valence electrons. The largest absolute Gasteiger partial charge is 0.309 e. The van der Waals surface area contributed by atoms with Crippen LogP contribution < -0.4 is 5.32 Å². The van der Waals surface area contributed by atoms with Crippen molar-refractivity contribution >= 4 is 23.4 Å². The molecule has 0 saturated carbocycles. The van der Waals surface area contributed by atoms with Gasteiger partial charge in [-0.05, 0) is 31.2 Å². The van der Waals surface area contributed by atoms with Crippen LogP contribution in [0.4, 0.5) is 0 Å². The van der Waals surface area contributed by atoms with Crippen LogP contribution >= 0.6 is 23.4 Å². The fourth-order valence-corrected chi connectivity index (χ4v) is 3.22. The molecule has 0 radical (unpaired) electrons. The molecule has 0 spiro atoms. The number of thioether (sulfide) groups is 1. The van der Waals surface area contributed by atoms with Gasteiger partial charge in [0.05, 0.1) is 5.02 Å². The SMILES string of the molecule is CCNC(CSc1ncccc1Cl)c1ccc(C)cc1. The lowest BCUT2D eigenvalue weighted by Gasteiger charge is -2.18. The maximum Gasteiger partial charge on any atom is 0.115 e. The summed E-state index contributed by atoms with van der Waals surface area (Å²) in [6.45, 7) is 5.17. The molecule has 0 saturated heterocycles. The molecule has 0 aliphatic carbocycles. The first-order valence-corrected chi connectivity index (χ1v) is 8.10. The molecule has 2 rings (SSSR count). The zero-order chi connectivity index (χ0) is 14.4. The van der Waals surface area contributed by atoms with E-state index in [0.29, 0.717) is 6.04 Å². The van der Waals surface area contributed by atoms with Gasteiger partial charge in [0.2, 0.25) is 0 Å². The summed E-state index contributed by atoms with van der Waals surface area (Å²) >= 11 is 7.84. The van der Waals surface area contributed by atoms with E-state index in [1.54, 1.807) is 18.0 Å². The molecular formula is C16H19ClN2S. The maximum atomic E-state index is 6.15. The van der Waals surface area contributed by atoms with Gasteiger partial charge in [0.1, 0.15) is 5.03 Å². The third-order valence-electron chi connectivity index (χ3n) is 3.04. The average Bonchev–Trinajstić information content (AvgIpc) is 2.46. The molecule has 0 aliphatic heterocycles.